The normalized spacial score (nSPS) is 15.1. The Labute approximate surface area is 137 Å². The van der Waals surface area contributed by atoms with Crippen LogP contribution in [0, 0.1) is 5.92 Å². The molecule has 1 amide bonds. The van der Waals surface area contributed by atoms with Gasteiger partial charge in [-0.1, -0.05) is 17.7 Å². The van der Waals surface area contributed by atoms with Crippen molar-refractivity contribution in [2.45, 2.75) is 25.7 Å². The fraction of sp³-hybridized carbons (Fsp3) is 0.533. The number of benzene rings is 1. The Morgan fingerprint density at radius 3 is 2.81 bits per heavy atom. The quantitative estimate of drug-likeness (QED) is 0.867. The maximum absolute atomic E-state index is 12.0. The molecule has 1 aromatic rings. The summed E-state index contributed by atoms with van der Waals surface area (Å²) >= 11 is 6.03. The molecule has 0 atom stereocenters. The van der Waals surface area contributed by atoms with Crippen LogP contribution in [-0.4, -0.2) is 26.1 Å². The zero-order valence-electron chi connectivity index (χ0n) is 12.2. The Hall–Kier alpha value is -0.970. The van der Waals surface area contributed by atoms with Gasteiger partial charge in [-0.3, -0.25) is 4.79 Å². The van der Waals surface area contributed by atoms with Gasteiger partial charge in [-0.2, -0.15) is 0 Å². The molecule has 0 radical (unpaired) electrons. The lowest BCUT2D eigenvalue weighted by Crippen LogP contribution is -2.28. The summed E-state index contributed by atoms with van der Waals surface area (Å²) in [6.07, 6.45) is 3.80. The van der Waals surface area contributed by atoms with Gasteiger partial charge in [0.1, 0.15) is 0 Å². The van der Waals surface area contributed by atoms with E-state index in [2.05, 4.69) is 10.6 Å². The number of amides is 1. The number of piperidine rings is 1. The largest absolute Gasteiger partial charge is 0.493 e. The smallest absolute Gasteiger partial charge is 0.224 e. The summed E-state index contributed by atoms with van der Waals surface area (Å²) in [5.41, 5.74) is 0.635. The average Bonchev–Trinajstić information content (AvgIpc) is 2.46. The third-order valence-electron chi connectivity index (χ3n) is 3.68. The van der Waals surface area contributed by atoms with Gasteiger partial charge in [0.2, 0.25) is 5.91 Å². The summed E-state index contributed by atoms with van der Waals surface area (Å²) in [7, 11) is 1.55. The van der Waals surface area contributed by atoms with Gasteiger partial charge < -0.3 is 15.4 Å². The molecule has 0 saturated carbocycles. The van der Waals surface area contributed by atoms with Gasteiger partial charge in [0.15, 0.2) is 5.75 Å². The fourth-order valence-corrected chi connectivity index (χ4v) is 2.78. The SMILES string of the molecule is COc1c(Cl)cccc1NC(=O)CCC1CCNCC1.Cl. The Balaban J connectivity index is 0.00000220. The van der Waals surface area contributed by atoms with E-state index in [1.54, 1.807) is 25.3 Å². The number of carbonyl (C=O) groups is 1. The van der Waals surface area contributed by atoms with E-state index in [-0.39, 0.29) is 18.3 Å². The molecule has 1 aliphatic heterocycles. The molecule has 1 saturated heterocycles. The maximum atomic E-state index is 12.0. The van der Waals surface area contributed by atoms with E-state index in [0.717, 1.165) is 32.4 Å². The van der Waals surface area contributed by atoms with Crippen molar-refractivity contribution in [3.05, 3.63) is 23.2 Å². The number of rotatable bonds is 5. The number of ether oxygens (including phenoxy) is 1. The van der Waals surface area contributed by atoms with Gasteiger partial charge in [-0.25, -0.2) is 0 Å². The van der Waals surface area contributed by atoms with E-state index in [1.807, 2.05) is 0 Å². The molecule has 1 aliphatic rings. The zero-order chi connectivity index (χ0) is 14.4. The van der Waals surface area contributed by atoms with Gasteiger partial charge in [0.25, 0.3) is 0 Å². The summed E-state index contributed by atoms with van der Waals surface area (Å²) in [6.45, 7) is 2.13. The number of carbonyl (C=O) groups excluding carboxylic acids is 1. The highest BCUT2D eigenvalue weighted by molar-refractivity contribution is 6.32. The minimum Gasteiger partial charge on any atom is -0.493 e. The van der Waals surface area contributed by atoms with Gasteiger partial charge >= 0.3 is 0 Å². The van der Waals surface area contributed by atoms with Crippen LogP contribution in [0.2, 0.25) is 5.02 Å². The Morgan fingerprint density at radius 1 is 1.43 bits per heavy atom. The number of anilines is 1. The first kappa shape index (κ1) is 18.1. The van der Waals surface area contributed by atoms with Crippen LogP contribution in [0.5, 0.6) is 5.75 Å². The Bertz CT molecular complexity index is 463. The first-order valence-electron chi connectivity index (χ1n) is 7.03. The van der Waals surface area contributed by atoms with Crippen molar-refractivity contribution in [1.82, 2.24) is 5.32 Å². The monoisotopic (exact) mass is 332 g/mol. The topological polar surface area (TPSA) is 50.4 Å². The lowest BCUT2D eigenvalue weighted by Gasteiger charge is -2.22. The van der Waals surface area contributed by atoms with Crippen molar-refractivity contribution < 1.29 is 9.53 Å². The van der Waals surface area contributed by atoms with Crippen LogP contribution in [0.1, 0.15) is 25.7 Å². The molecule has 1 fully saturated rings. The molecular weight excluding hydrogens is 311 g/mol. The molecule has 0 spiro atoms. The van der Waals surface area contributed by atoms with Crippen LogP contribution >= 0.6 is 24.0 Å². The van der Waals surface area contributed by atoms with Crippen LogP contribution in [0.4, 0.5) is 5.69 Å². The number of methoxy groups -OCH3 is 1. The molecule has 118 valence electrons. The molecule has 6 heteroatoms. The molecule has 0 aromatic heterocycles. The number of hydrogen-bond acceptors (Lipinski definition) is 3. The summed E-state index contributed by atoms with van der Waals surface area (Å²) in [5, 5.41) is 6.71. The highest BCUT2D eigenvalue weighted by Crippen LogP contribution is 2.32. The van der Waals surface area contributed by atoms with E-state index >= 15 is 0 Å². The summed E-state index contributed by atoms with van der Waals surface area (Å²) in [4.78, 5) is 12.0. The fourth-order valence-electron chi connectivity index (χ4n) is 2.53. The number of nitrogens with one attached hydrogen (secondary N) is 2. The van der Waals surface area contributed by atoms with E-state index in [9.17, 15) is 4.79 Å². The molecular formula is C15H22Cl2N2O2. The van der Waals surface area contributed by atoms with E-state index in [0.29, 0.717) is 28.8 Å². The Kier molecular flexibility index (Phi) is 7.86. The van der Waals surface area contributed by atoms with Crippen LogP contribution in [0.15, 0.2) is 18.2 Å². The average molecular weight is 333 g/mol. The summed E-state index contributed by atoms with van der Waals surface area (Å²) < 4.78 is 5.22. The highest BCUT2D eigenvalue weighted by Gasteiger charge is 2.15. The van der Waals surface area contributed by atoms with Crippen molar-refractivity contribution in [3.8, 4) is 5.75 Å². The lowest BCUT2D eigenvalue weighted by atomic mass is 9.93. The standard InChI is InChI=1S/C15H21ClN2O2.ClH/c1-20-15-12(16)3-2-4-13(15)18-14(19)6-5-11-7-9-17-10-8-11;/h2-4,11,17H,5-10H2,1H3,(H,18,19);1H. The molecule has 21 heavy (non-hydrogen) atoms. The van der Waals surface area contributed by atoms with Crippen molar-refractivity contribution in [3.63, 3.8) is 0 Å². The second-order valence-electron chi connectivity index (χ2n) is 5.10. The van der Waals surface area contributed by atoms with Gasteiger partial charge in [0, 0.05) is 6.42 Å². The predicted molar refractivity (Wildman–Crippen MR) is 88.7 cm³/mol. The highest BCUT2D eigenvalue weighted by atomic mass is 35.5. The molecule has 2 N–H and O–H groups in total. The van der Waals surface area contributed by atoms with Gasteiger partial charge in [-0.05, 0) is 50.4 Å². The van der Waals surface area contributed by atoms with Crippen LogP contribution < -0.4 is 15.4 Å². The summed E-state index contributed by atoms with van der Waals surface area (Å²) in [5.74, 6) is 1.19. The molecule has 0 unspecified atom stereocenters. The molecule has 4 nitrogen and oxygen atoms in total. The summed E-state index contributed by atoms with van der Waals surface area (Å²) in [6, 6.07) is 5.34. The number of halogens is 2. The first-order valence-corrected chi connectivity index (χ1v) is 7.41. The van der Waals surface area contributed by atoms with Crippen molar-refractivity contribution >= 4 is 35.6 Å². The van der Waals surface area contributed by atoms with E-state index in [4.69, 9.17) is 16.3 Å². The second-order valence-corrected chi connectivity index (χ2v) is 5.51. The predicted octanol–water partition coefficient (Wildman–Crippen LogP) is 3.49. The van der Waals surface area contributed by atoms with Crippen LogP contribution in [-0.2, 0) is 4.79 Å². The van der Waals surface area contributed by atoms with E-state index in [1.165, 1.54) is 0 Å². The third kappa shape index (κ3) is 5.38. The molecule has 0 bridgehead atoms. The first-order chi connectivity index (χ1) is 9.70. The van der Waals surface area contributed by atoms with E-state index < -0.39 is 0 Å². The van der Waals surface area contributed by atoms with Gasteiger partial charge in [-0.15, -0.1) is 12.4 Å². The molecule has 1 aromatic carbocycles. The van der Waals surface area contributed by atoms with Crippen LogP contribution in [0.3, 0.4) is 0 Å². The number of para-hydroxylation sites is 1. The number of hydrogen-bond donors (Lipinski definition) is 2. The maximum Gasteiger partial charge on any atom is 0.224 e. The molecule has 1 heterocycles. The minimum atomic E-state index is 0. The minimum absolute atomic E-state index is 0. The van der Waals surface area contributed by atoms with Crippen LogP contribution in [0.25, 0.3) is 0 Å². The third-order valence-corrected chi connectivity index (χ3v) is 3.98. The molecule has 0 aliphatic carbocycles. The Morgan fingerprint density at radius 2 is 2.14 bits per heavy atom. The second kappa shape index (κ2) is 9.13. The van der Waals surface area contributed by atoms with Crippen molar-refractivity contribution in [2.24, 2.45) is 5.92 Å². The van der Waals surface area contributed by atoms with Crippen molar-refractivity contribution in [1.29, 1.82) is 0 Å². The van der Waals surface area contributed by atoms with Crippen molar-refractivity contribution in [2.75, 3.05) is 25.5 Å². The molecule has 2 rings (SSSR count). The lowest BCUT2D eigenvalue weighted by molar-refractivity contribution is -0.116. The van der Waals surface area contributed by atoms with Gasteiger partial charge in [0.05, 0.1) is 17.8 Å². The zero-order valence-corrected chi connectivity index (χ0v) is 13.7.